The predicted molar refractivity (Wildman–Crippen MR) is 91.7 cm³/mol. The number of sulfonamides is 1. The summed E-state index contributed by atoms with van der Waals surface area (Å²) in [4.78, 5) is 14.1. The maximum atomic E-state index is 13.0. The lowest BCUT2D eigenvalue weighted by molar-refractivity contribution is 0.0489. The van der Waals surface area contributed by atoms with Crippen LogP contribution in [0.5, 0.6) is 0 Å². The van der Waals surface area contributed by atoms with E-state index in [-0.39, 0.29) is 41.2 Å². The van der Waals surface area contributed by atoms with Gasteiger partial charge < -0.3 is 4.90 Å². The first-order valence-corrected chi connectivity index (χ1v) is 9.48. The highest BCUT2D eigenvalue weighted by Gasteiger charge is 2.43. The summed E-state index contributed by atoms with van der Waals surface area (Å²) in [5.74, 6) is -0.257. The van der Waals surface area contributed by atoms with Crippen LogP contribution in [0, 0.1) is 0 Å². The SMILES string of the molecule is CC1(C)CN(C(=O)c2cnn[nH]2)CCN1S(=O)(=O)c1ccccc1Cl. The number of nitrogens with one attached hydrogen (secondary N) is 1. The van der Waals surface area contributed by atoms with Crippen LogP contribution in [0.3, 0.4) is 0 Å². The van der Waals surface area contributed by atoms with E-state index in [4.69, 9.17) is 11.6 Å². The van der Waals surface area contributed by atoms with E-state index in [1.54, 1.807) is 36.9 Å². The van der Waals surface area contributed by atoms with Crippen LogP contribution in [0.4, 0.5) is 0 Å². The Bertz CT molecular complexity index is 882. The van der Waals surface area contributed by atoms with E-state index >= 15 is 0 Å². The third-order valence-electron chi connectivity index (χ3n) is 4.16. The Morgan fingerprint density at radius 1 is 1.28 bits per heavy atom. The quantitative estimate of drug-likeness (QED) is 0.863. The molecule has 1 aliphatic heterocycles. The summed E-state index contributed by atoms with van der Waals surface area (Å²) < 4.78 is 27.5. The van der Waals surface area contributed by atoms with Crippen LogP contribution < -0.4 is 0 Å². The minimum Gasteiger partial charge on any atom is -0.334 e. The van der Waals surface area contributed by atoms with Crippen molar-refractivity contribution >= 4 is 27.5 Å². The predicted octanol–water partition coefficient (Wildman–Crippen LogP) is 1.38. The molecule has 2 aromatic rings. The molecule has 0 unspecified atom stereocenters. The van der Waals surface area contributed by atoms with Gasteiger partial charge in [-0.25, -0.2) is 8.42 Å². The van der Waals surface area contributed by atoms with Crippen LogP contribution in [-0.4, -0.2) is 64.1 Å². The number of hydrogen-bond acceptors (Lipinski definition) is 5. The van der Waals surface area contributed by atoms with Crippen molar-refractivity contribution in [2.24, 2.45) is 0 Å². The number of aromatic nitrogens is 3. The highest BCUT2D eigenvalue weighted by Crippen LogP contribution is 2.31. The Labute approximate surface area is 150 Å². The molecule has 1 fully saturated rings. The monoisotopic (exact) mass is 383 g/mol. The molecule has 0 bridgehead atoms. The molecule has 1 N–H and O–H groups in total. The summed E-state index contributed by atoms with van der Waals surface area (Å²) in [5.41, 5.74) is -0.516. The van der Waals surface area contributed by atoms with Gasteiger partial charge in [-0.3, -0.25) is 9.89 Å². The first kappa shape index (κ1) is 17.8. The van der Waals surface area contributed by atoms with Crippen LogP contribution in [0.15, 0.2) is 35.4 Å². The largest absolute Gasteiger partial charge is 0.334 e. The number of H-pyrrole nitrogens is 1. The number of amides is 1. The van der Waals surface area contributed by atoms with Gasteiger partial charge in [-0.15, -0.1) is 5.10 Å². The second kappa shape index (κ2) is 6.40. The Balaban J connectivity index is 1.86. The Hall–Kier alpha value is -1.97. The summed E-state index contributed by atoms with van der Waals surface area (Å²) in [5, 5.41) is 9.85. The van der Waals surface area contributed by atoms with Gasteiger partial charge in [0.2, 0.25) is 10.0 Å². The summed E-state index contributed by atoms with van der Waals surface area (Å²) in [7, 11) is -3.77. The number of hydrogen-bond donors (Lipinski definition) is 1. The number of piperazine rings is 1. The van der Waals surface area contributed by atoms with E-state index in [1.807, 2.05) is 0 Å². The van der Waals surface area contributed by atoms with Crippen LogP contribution in [0.2, 0.25) is 5.02 Å². The van der Waals surface area contributed by atoms with Crippen molar-refractivity contribution in [2.45, 2.75) is 24.3 Å². The van der Waals surface area contributed by atoms with E-state index < -0.39 is 15.6 Å². The topological polar surface area (TPSA) is 99.3 Å². The smallest absolute Gasteiger partial charge is 0.273 e. The number of carbonyl (C=O) groups is 1. The van der Waals surface area contributed by atoms with E-state index in [1.165, 1.54) is 16.6 Å². The maximum Gasteiger partial charge on any atom is 0.273 e. The molecule has 0 spiro atoms. The van der Waals surface area contributed by atoms with E-state index in [2.05, 4.69) is 15.4 Å². The maximum absolute atomic E-state index is 13.0. The summed E-state index contributed by atoms with van der Waals surface area (Å²) in [6.45, 7) is 4.26. The minimum absolute atomic E-state index is 0.0716. The van der Waals surface area contributed by atoms with Gasteiger partial charge in [0.25, 0.3) is 5.91 Å². The zero-order valence-corrected chi connectivity index (χ0v) is 15.4. The molecule has 1 amide bonds. The Morgan fingerprint density at radius 2 is 2.00 bits per heavy atom. The highest BCUT2D eigenvalue weighted by atomic mass is 35.5. The van der Waals surface area contributed by atoms with Gasteiger partial charge in [0.1, 0.15) is 10.6 Å². The van der Waals surface area contributed by atoms with E-state index in [0.717, 1.165) is 0 Å². The molecule has 1 aliphatic rings. The lowest BCUT2D eigenvalue weighted by Gasteiger charge is -2.45. The molecule has 8 nitrogen and oxygen atoms in total. The zero-order valence-electron chi connectivity index (χ0n) is 13.8. The standard InChI is InChI=1S/C15H18ClN5O3S/c1-15(2)10-20(14(22)12-9-17-19-18-12)7-8-21(15)25(23,24)13-6-4-3-5-11(13)16/h3-6,9H,7-8,10H2,1-2H3,(H,17,18,19). The molecule has 2 heterocycles. The molecule has 0 atom stereocenters. The van der Waals surface area contributed by atoms with Crippen molar-refractivity contribution in [3.8, 4) is 0 Å². The number of benzene rings is 1. The summed E-state index contributed by atoms with van der Waals surface area (Å²) >= 11 is 6.08. The number of rotatable bonds is 3. The Kier molecular flexibility index (Phi) is 4.56. The van der Waals surface area contributed by atoms with Gasteiger partial charge in [0, 0.05) is 25.2 Å². The average Bonchev–Trinajstić information content (AvgIpc) is 3.07. The van der Waals surface area contributed by atoms with E-state index in [0.29, 0.717) is 0 Å². The molecular weight excluding hydrogens is 366 g/mol. The molecule has 1 aromatic heterocycles. The fraction of sp³-hybridized carbons (Fsp3) is 0.400. The van der Waals surface area contributed by atoms with Crippen molar-refractivity contribution in [1.82, 2.24) is 24.6 Å². The fourth-order valence-electron chi connectivity index (χ4n) is 3.00. The molecule has 0 aliphatic carbocycles. The molecule has 25 heavy (non-hydrogen) atoms. The number of aromatic amines is 1. The lowest BCUT2D eigenvalue weighted by atomic mass is 10.0. The second-order valence-electron chi connectivity index (χ2n) is 6.42. The highest BCUT2D eigenvalue weighted by molar-refractivity contribution is 7.89. The molecule has 1 aromatic carbocycles. The van der Waals surface area contributed by atoms with Gasteiger partial charge in [-0.1, -0.05) is 28.9 Å². The van der Waals surface area contributed by atoms with Crippen LogP contribution in [0.1, 0.15) is 24.3 Å². The van der Waals surface area contributed by atoms with Gasteiger partial charge in [-0.05, 0) is 26.0 Å². The number of carbonyl (C=O) groups excluding carboxylic acids is 1. The third-order valence-corrected chi connectivity index (χ3v) is 6.77. The lowest BCUT2D eigenvalue weighted by Crippen LogP contribution is -2.61. The van der Waals surface area contributed by atoms with Gasteiger partial charge in [-0.2, -0.15) is 4.31 Å². The summed E-state index contributed by atoms with van der Waals surface area (Å²) in [6.07, 6.45) is 1.35. The molecule has 3 rings (SSSR count). The molecule has 0 radical (unpaired) electrons. The van der Waals surface area contributed by atoms with Crippen molar-refractivity contribution in [3.05, 3.63) is 41.2 Å². The molecule has 134 valence electrons. The zero-order chi connectivity index (χ0) is 18.2. The van der Waals surface area contributed by atoms with Crippen molar-refractivity contribution in [1.29, 1.82) is 0 Å². The van der Waals surface area contributed by atoms with E-state index in [9.17, 15) is 13.2 Å². The third kappa shape index (κ3) is 3.26. The second-order valence-corrected chi connectivity index (χ2v) is 8.65. The summed E-state index contributed by atoms with van der Waals surface area (Å²) in [6, 6.07) is 6.35. The van der Waals surface area contributed by atoms with Crippen molar-refractivity contribution in [3.63, 3.8) is 0 Å². The fourth-order valence-corrected chi connectivity index (χ4v) is 5.26. The van der Waals surface area contributed by atoms with Crippen LogP contribution in [-0.2, 0) is 10.0 Å². The Morgan fingerprint density at radius 3 is 2.60 bits per heavy atom. The van der Waals surface area contributed by atoms with Gasteiger partial charge in [0.05, 0.1) is 11.2 Å². The van der Waals surface area contributed by atoms with Crippen molar-refractivity contribution < 1.29 is 13.2 Å². The molecule has 0 saturated carbocycles. The van der Waals surface area contributed by atoms with Gasteiger partial charge >= 0.3 is 0 Å². The van der Waals surface area contributed by atoms with Crippen LogP contribution >= 0.6 is 11.6 Å². The molecule has 1 saturated heterocycles. The molecular formula is C15H18ClN5O3S. The molecule has 10 heteroatoms. The number of nitrogens with zero attached hydrogens (tertiary/aromatic N) is 4. The van der Waals surface area contributed by atoms with Crippen molar-refractivity contribution in [2.75, 3.05) is 19.6 Å². The first-order chi connectivity index (χ1) is 11.7. The number of halogens is 1. The normalized spacial score (nSPS) is 18.3. The minimum atomic E-state index is -3.77. The van der Waals surface area contributed by atoms with Gasteiger partial charge in [0.15, 0.2) is 0 Å². The average molecular weight is 384 g/mol. The first-order valence-electron chi connectivity index (χ1n) is 7.66. The van der Waals surface area contributed by atoms with Crippen LogP contribution in [0.25, 0.3) is 0 Å².